The number of halogens is 1. The molecule has 0 bridgehead atoms. The maximum Gasteiger partial charge on any atom is 0.245 e. The van der Waals surface area contributed by atoms with E-state index in [0.717, 1.165) is 0 Å². The Hall–Kier alpha value is -1.19. The summed E-state index contributed by atoms with van der Waals surface area (Å²) in [5.74, 6) is -0.960. The van der Waals surface area contributed by atoms with Gasteiger partial charge in [0.15, 0.2) is 0 Å². The van der Waals surface area contributed by atoms with Gasteiger partial charge in [0.25, 0.3) is 0 Å². The molecule has 0 aliphatic carbocycles. The Labute approximate surface area is 113 Å². The van der Waals surface area contributed by atoms with Crippen molar-refractivity contribution in [3.8, 4) is 0 Å². The van der Waals surface area contributed by atoms with Crippen molar-refractivity contribution in [2.24, 2.45) is 5.73 Å². The summed E-state index contributed by atoms with van der Waals surface area (Å²) in [4.78, 5) is 14.6. The molecule has 1 rings (SSSR count). The molecule has 18 heavy (non-hydrogen) atoms. The number of amides is 1. The Morgan fingerprint density at radius 3 is 2.56 bits per heavy atom. The molecule has 5 N–H and O–H groups in total. The van der Waals surface area contributed by atoms with Gasteiger partial charge in [-0.15, -0.1) is 0 Å². The lowest BCUT2D eigenvalue weighted by atomic mass is 10.1. The van der Waals surface area contributed by atoms with Crippen LogP contribution in [0.5, 0.6) is 0 Å². The first-order valence-corrected chi connectivity index (χ1v) is 7.09. The molecule has 0 aromatic carbocycles. The Morgan fingerprint density at radius 1 is 1.50 bits per heavy atom. The normalized spacial score (nSPS) is 12.4. The van der Waals surface area contributed by atoms with Gasteiger partial charge in [0.05, 0.1) is 0 Å². The van der Waals surface area contributed by atoms with Gasteiger partial charge >= 0.3 is 0 Å². The molecule has 1 aromatic heterocycles. The smallest absolute Gasteiger partial charge is 0.245 e. The van der Waals surface area contributed by atoms with Crippen molar-refractivity contribution in [2.75, 3.05) is 5.73 Å². The van der Waals surface area contributed by atoms with Gasteiger partial charge in [-0.1, -0.05) is 0 Å². The van der Waals surface area contributed by atoms with Crippen LogP contribution in [-0.4, -0.2) is 24.8 Å². The largest absolute Gasteiger partial charge is 0.383 e. The van der Waals surface area contributed by atoms with E-state index in [1.54, 1.807) is 0 Å². The van der Waals surface area contributed by atoms with Crippen molar-refractivity contribution in [1.82, 2.24) is 9.71 Å². The molecule has 0 aliphatic rings. The van der Waals surface area contributed by atoms with E-state index in [1.165, 1.54) is 26.1 Å². The van der Waals surface area contributed by atoms with Crippen molar-refractivity contribution >= 4 is 37.7 Å². The molecule has 0 saturated heterocycles. The van der Waals surface area contributed by atoms with Crippen LogP contribution in [0.15, 0.2) is 21.6 Å². The summed E-state index contributed by atoms with van der Waals surface area (Å²) >= 11 is 3.10. The van der Waals surface area contributed by atoms with E-state index < -0.39 is 21.5 Å². The van der Waals surface area contributed by atoms with Crippen molar-refractivity contribution in [1.29, 1.82) is 0 Å². The van der Waals surface area contributed by atoms with Crippen LogP contribution in [0, 0.1) is 0 Å². The summed E-state index contributed by atoms with van der Waals surface area (Å²) < 4.78 is 26.8. The topological polar surface area (TPSA) is 128 Å². The van der Waals surface area contributed by atoms with Gasteiger partial charge in [-0.2, -0.15) is 4.72 Å². The fourth-order valence-electron chi connectivity index (χ4n) is 1.09. The van der Waals surface area contributed by atoms with Crippen molar-refractivity contribution in [3.05, 3.63) is 16.7 Å². The fraction of sp³-hybridized carbons (Fsp3) is 0.333. The highest BCUT2D eigenvalue weighted by Gasteiger charge is 2.32. The molecule has 7 nitrogen and oxygen atoms in total. The van der Waals surface area contributed by atoms with E-state index in [4.69, 9.17) is 11.5 Å². The fourth-order valence-corrected chi connectivity index (χ4v) is 3.06. The van der Waals surface area contributed by atoms with Crippen LogP contribution >= 0.6 is 15.9 Å². The van der Waals surface area contributed by atoms with Crippen molar-refractivity contribution < 1.29 is 13.2 Å². The molecule has 1 amide bonds. The third-order valence-corrected chi connectivity index (χ3v) is 4.26. The second-order valence-electron chi connectivity index (χ2n) is 4.13. The highest BCUT2D eigenvalue weighted by molar-refractivity contribution is 9.10. The molecule has 0 aliphatic heterocycles. The number of nitrogens with zero attached hydrogens (tertiary/aromatic N) is 1. The third kappa shape index (κ3) is 3.18. The van der Waals surface area contributed by atoms with Gasteiger partial charge in [0, 0.05) is 10.7 Å². The average molecular weight is 337 g/mol. The molecule has 100 valence electrons. The van der Waals surface area contributed by atoms with Crippen LogP contribution in [0.4, 0.5) is 5.82 Å². The number of primary amides is 1. The van der Waals surface area contributed by atoms with Crippen LogP contribution < -0.4 is 16.2 Å². The van der Waals surface area contributed by atoms with Gasteiger partial charge < -0.3 is 11.5 Å². The number of hydrogen-bond donors (Lipinski definition) is 3. The number of nitrogens with two attached hydrogens (primary N) is 2. The first kappa shape index (κ1) is 14.9. The number of aromatic nitrogens is 1. The minimum Gasteiger partial charge on any atom is -0.383 e. The predicted molar refractivity (Wildman–Crippen MR) is 69.9 cm³/mol. The number of nitrogens with one attached hydrogen (secondary N) is 1. The second-order valence-corrected chi connectivity index (χ2v) is 6.70. The summed E-state index contributed by atoms with van der Waals surface area (Å²) in [5.41, 5.74) is 9.18. The van der Waals surface area contributed by atoms with Crippen molar-refractivity contribution in [3.63, 3.8) is 0 Å². The predicted octanol–water partition coefficient (Wildman–Crippen LogP) is -0.0315. The van der Waals surface area contributed by atoms with E-state index in [0.29, 0.717) is 4.47 Å². The highest BCUT2D eigenvalue weighted by Crippen LogP contribution is 2.21. The number of carbonyl (C=O) groups excluding carboxylic acids is 1. The molecule has 9 heteroatoms. The molecule has 0 fully saturated rings. The van der Waals surface area contributed by atoms with E-state index >= 15 is 0 Å². The van der Waals surface area contributed by atoms with E-state index in [-0.39, 0.29) is 10.7 Å². The Kier molecular flexibility index (Phi) is 3.99. The monoisotopic (exact) mass is 336 g/mol. The molecule has 0 atom stereocenters. The quantitative estimate of drug-likeness (QED) is 0.711. The number of anilines is 1. The van der Waals surface area contributed by atoms with Gasteiger partial charge in [0.2, 0.25) is 15.9 Å². The minimum absolute atomic E-state index is 0.161. The molecular weight excluding hydrogens is 324 g/mol. The molecular formula is C9H13BrN4O3S. The first-order valence-electron chi connectivity index (χ1n) is 4.81. The zero-order chi connectivity index (χ0) is 14.1. The number of hydrogen-bond acceptors (Lipinski definition) is 5. The summed E-state index contributed by atoms with van der Waals surface area (Å²) in [6.45, 7) is 2.71. The maximum absolute atomic E-state index is 12.1. The number of pyridine rings is 1. The van der Waals surface area contributed by atoms with E-state index in [9.17, 15) is 13.2 Å². The number of nitrogen functional groups attached to an aromatic ring is 1. The SMILES string of the molecule is CC(C)(NS(=O)(=O)c1cc(Br)cnc1N)C(N)=O. The Morgan fingerprint density at radius 2 is 2.06 bits per heavy atom. The lowest BCUT2D eigenvalue weighted by molar-refractivity contribution is -0.122. The summed E-state index contributed by atoms with van der Waals surface area (Å²) in [5, 5.41) is 0. The van der Waals surface area contributed by atoms with Gasteiger partial charge in [-0.3, -0.25) is 4.79 Å². The van der Waals surface area contributed by atoms with Crippen LogP contribution in [0.1, 0.15) is 13.8 Å². The molecule has 0 unspecified atom stereocenters. The van der Waals surface area contributed by atoms with Gasteiger partial charge in [-0.25, -0.2) is 13.4 Å². The molecule has 0 saturated carbocycles. The average Bonchev–Trinajstić information content (AvgIpc) is 2.19. The number of sulfonamides is 1. The summed E-state index contributed by atoms with van der Waals surface area (Å²) in [6.07, 6.45) is 1.37. The van der Waals surface area contributed by atoms with Gasteiger partial charge in [0.1, 0.15) is 16.3 Å². The highest BCUT2D eigenvalue weighted by atomic mass is 79.9. The number of rotatable bonds is 4. The van der Waals surface area contributed by atoms with E-state index in [2.05, 4.69) is 25.6 Å². The van der Waals surface area contributed by atoms with Crippen LogP contribution in [0.2, 0.25) is 0 Å². The van der Waals surface area contributed by atoms with Crippen LogP contribution in [0.25, 0.3) is 0 Å². The second kappa shape index (κ2) is 4.82. The van der Waals surface area contributed by atoms with Crippen LogP contribution in [0.3, 0.4) is 0 Å². The lowest BCUT2D eigenvalue weighted by Gasteiger charge is -2.22. The van der Waals surface area contributed by atoms with E-state index in [1.807, 2.05) is 0 Å². The Balaban J connectivity index is 3.23. The van der Waals surface area contributed by atoms with Crippen LogP contribution in [-0.2, 0) is 14.8 Å². The Bertz CT molecular complexity index is 585. The standard InChI is InChI=1S/C9H13BrN4O3S/c1-9(2,8(12)15)14-18(16,17)6-3-5(10)4-13-7(6)11/h3-4,14H,1-2H3,(H2,11,13)(H2,12,15). The van der Waals surface area contributed by atoms with Gasteiger partial charge in [-0.05, 0) is 35.8 Å². The summed E-state index contributed by atoms with van der Waals surface area (Å²) in [7, 11) is -3.98. The minimum atomic E-state index is -3.98. The zero-order valence-corrected chi connectivity index (χ0v) is 12.2. The maximum atomic E-state index is 12.1. The molecule has 1 heterocycles. The number of carbonyl (C=O) groups is 1. The molecule has 0 spiro atoms. The summed E-state index contributed by atoms with van der Waals surface area (Å²) in [6, 6.07) is 1.29. The lowest BCUT2D eigenvalue weighted by Crippen LogP contribution is -2.52. The molecule has 1 aromatic rings. The third-order valence-electron chi connectivity index (χ3n) is 2.14. The molecule has 0 radical (unpaired) electrons. The van der Waals surface area contributed by atoms with Crippen molar-refractivity contribution in [2.45, 2.75) is 24.3 Å². The zero-order valence-electron chi connectivity index (χ0n) is 9.77. The first-order chi connectivity index (χ1) is 8.06.